The Balaban J connectivity index is 2.70. The molecule has 1 rings (SSSR count). The van der Waals surface area contributed by atoms with Gasteiger partial charge in [-0.3, -0.25) is 9.69 Å². The maximum atomic E-state index is 12.4. The first kappa shape index (κ1) is 17.6. The van der Waals surface area contributed by atoms with E-state index in [4.69, 9.17) is 17.3 Å². The van der Waals surface area contributed by atoms with Crippen molar-refractivity contribution in [2.24, 2.45) is 0 Å². The summed E-state index contributed by atoms with van der Waals surface area (Å²) in [7, 11) is 0. The average molecular weight is 324 g/mol. The Morgan fingerprint density at radius 3 is 2.52 bits per heavy atom. The summed E-state index contributed by atoms with van der Waals surface area (Å²) >= 11 is 5.73. The van der Waals surface area contributed by atoms with E-state index in [0.29, 0.717) is 10.7 Å². The Labute approximate surface area is 126 Å². The minimum absolute atomic E-state index is 0.253. The van der Waals surface area contributed by atoms with E-state index in [0.717, 1.165) is 4.90 Å². The van der Waals surface area contributed by atoms with Gasteiger partial charge in [0.05, 0.1) is 24.5 Å². The molecule has 21 heavy (non-hydrogen) atoms. The highest BCUT2D eigenvalue weighted by atomic mass is 35.5. The van der Waals surface area contributed by atoms with Crippen LogP contribution in [-0.4, -0.2) is 36.1 Å². The van der Waals surface area contributed by atoms with Crippen LogP contribution in [0.15, 0.2) is 18.2 Å². The van der Waals surface area contributed by atoms with Crippen molar-refractivity contribution in [1.29, 1.82) is 0 Å². The van der Waals surface area contributed by atoms with Crippen molar-refractivity contribution < 1.29 is 18.0 Å². The maximum absolute atomic E-state index is 12.4. The molecule has 3 N–H and O–H groups in total. The fraction of sp³-hybridized carbons (Fsp3) is 0.462. The molecule has 0 aliphatic heterocycles. The Bertz CT molecular complexity index is 506. The Hall–Kier alpha value is -1.47. The van der Waals surface area contributed by atoms with Crippen LogP contribution in [0.2, 0.25) is 5.02 Å². The van der Waals surface area contributed by atoms with Crippen molar-refractivity contribution in [2.75, 3.05) is 24.1 Å². The highest BCUT2D eigenvalue weighted by Crippen LogP contribution is 2.23. The van der Waals surface area contributed by atoms with E-state index in [9.17, 15) is 18.0 Å². The number of amides is 1. The van der Waals surface area contributed by atoms with E-state index in [1.54, 1.807) is 13.8 Å². The lowest BCUT2D eigenvalue weighted by Gasteiger charge is -2.26. The molecule has 0 unspecified atom stereocenters. The molecule has 8 heteroatoms. The molecule has 118 valence electrons. The van der Waals surface area contributed by atoms with Crippen LogP contribution in [0.1, 0.15) is 13.8 Å². The van der Waals surface area contributed by atoms with Gasteiger partial charge in [-0.25, -0.2) is 0 Å². The second kappa shape index (κ2) is 7.00. The number of carbonyl (C=O) groups is 1. The van der Waals surface area contributed by atoms with Crippen molar-refractivity contribution in [2.45, 2.75) is 26.1 Å². The zero-order chi connectivity index (χ0) is 16.2. The molecule has 1 aromatic carbocycles. The lowest BCUT2D eigenvalue weighted by molar-refractivity contribution is -0.151. The van der Waals surface area contributed by atoms with Gasteiger partial charge >= 0.3 is 6.18 Å². The first-order valence-electron chi connectivity index (χ1n) is 6.24. The molecule has 1 amide bonds. The van der Waals surface area contributed by atoms with E-state index in [-0.39, 0.29) is 12.2 Å². The normalized spacial score (nSPS) is 12.0. The van der Waals surface area contributed by atoms with Gasteiger partial charge in [-0.05, 0) is 32.0 Å². The van der Waals surface area contributed by atoms with Gasteiger partial charge < -0.3 is 11.1 Å². The minimum Gasteiger partial charge on any atom is -0.397 e. The van der Waals surface area contributed by atoms with Gasteiger partial charge in [-0.15, -0.1) is 0 Å². The molecule has 0 bridgehead atoms. The number of hydrogen-bond acceptors (Lipinski definition) is 3. The number of nitrogens with zero attached hydrogens (tertiary/aromatic N) is 1. The molecule has 0 heterocycles. The highest BCUT2D eigenvalue weighted by Gasteiger charge is 2.32. The van der Waals surface area contributed by atoms with Gasteiger partial charge in [0, 0.05) is 11.1 Å². The first-order chi connectivity index (χ1) is 9.58. The molecular weight excluding hydrogens is 307 g/mol. The van der Waals surface area contributed by atoms with Crippen molar-refractivity contribution in [1.82, 2.24) is 4.90 Å². The summed E-state index contributed by atoms with van der Waals surface area (Å²) < 4.78 is 37.3. The molecule has 0 atom stereocenters. The Morgan fingerprint density at radius 1 is 1.43 bits per heavy atom. The maximum Gasteiger partial charge on any atom is 0.401 e. The number of rotatable bonds is 5. The number of hydrogen-bond donors (Lipinski definition) is 2. The number of carbonyl (C=O) groups excluding carboxylic acids is 1. The van der Waals surface area contributed by atoms with Crippen LogP contribution >= 0.6 is 11.6 Å². The number of nitrogens with one attached hydrogen (secondary N) is 1. The minimum atomic E-state index is -4.36. The third-order valence-corrected chi connectivity index (χ3v) is 2.98. The van der Waals surface area contributed by atoms with E-state index < -0.39 is 24.7 Å². The summed E-state index contributed by atoms with van der Waals surface area (Å²) in [5.41, 5.74) is 6.24. The summed E-state index contributed by atoms with van der Waals surface area (Å²) in [6.07, 6.45) is -4.36. The molecule has 1 aromatic rings. The standard InChI is InChI=1S/C13H17ClF3N3O/c1-8(2)20(7-13(15,16)17)6-12(21)19-11-4-3-9(14)5-10(11)18/h3-5,8H,6-7,18H2,1-2H3,(H,19,21). The van der Waals surface area contributed by atoms with E-state index >= 15 is 0 Å². The van der Waals surface area contributed by atoms with Gasteiger partial charge in [-0.2, -0.15) is 13.2 Å². The van der Waals surface area contributed by atoms with Gasteiger partial charge in [0.1, 0.15) is 0 Å². The molecule has 0 spiro atoms. The molecule has 0 fully saturated rings. The van der Waals surface area contributed by atoms with E-state index in [2.05, 4.69) is 5.32 Å². The lowest BCUT2D eigenvalue weighted by atomic mass is 10.2. The van der Waals surface area contributed by atoms with Crippen molar-refractivity contribution >= 4 is 28.9 Å². The molecule has 0 saturated carbocycles. The summed E-state index contributed by atoms with van der Waals surface area (Å²) in [6.45, 7) is 1.67. The zero-order valence-electron chi connectivity index (χ0n) is 11.7. The van der Waals surface area contributed by atoms with E-state index in [1.165, 1.54) is 18.2 Å². The van der Waals surface area contributed by atoms with Crippen LogP contribution in [0.4, 0.5) is 24.5 Å². The monoisotopic (exact) mass is 323 g/mol. The number of nitrogens with two attached hydrogens (primary N) is 1. The van der Waals surface area contributed by atoms with Crippen LogP contribution in [0.3, 0.4) is 0 Å². The molecule has 0 aliphatic carbocycles. The van der Waals surface area contributed by atoms with Crippen molar-refractivity contribution in [3.05, 3.63) is 23.2 Å². The molecular formula is C13H17ClF3N3O. The molecule has 0 aliphatic rings. The number of benzene rings is 1. The molecule has 0 saturated heterocycles. The fourth-order valence-corrected chi connectivity index (χ4v) is 1.85. The summed E-state index contributed by atoms with van der Waals surface area (Å²) in [5, 5.41) is 2.89. The van der Waals surface area contributed by atoms with Crippen molar-refractivity contribution in [3.8, 4) is 0 Å². The van der Waals surface area contributed by atoms with E-state index in [1.807, 2.05) is 0 Å². The number of nitrogen functional groups attached to an aromatic ring is 1. The average Bonchev–Trinajstić information content (AvgIpc) is 2.30. The zero-order valence-corrected chi connectivity index (χ0v) is 12.4. The summed E-state index contributed by atoms with van der Waals surface area (Å²) in [4.78, 5) is 12.9. The fourth-order valence-electron chi connectivity index (χ4n) is 1.67. The van der Waals surface area contributed by atoms with Crippen LogP contribution < -0.4 is 11.1 Å². The second-order valence-electron chi connectivity index (χ2n) is 4.89. The second-order valence-corrected chi connectivity index (χ2v) is 5.33. The quantitative estimate of drug-likeness (QED) is 0.818. The SMILES string of the molecule is CC(C)N(CC(=O)Nc1ccc(Cl)cc1N)CC(F)(F)F. The summed E-state index contributed by atoms with van der Waals surface area (Å²) in [6, 6.07) is 4.07. The molecule has 0 aromatic heterocycles. The topological polar surface area (TPSA) is 58.4 Å². The van der Waals surface area contributed by atoms with Gasteiger partial charge in [0.25, 0.3) is 0 Å². The van der Waals surface area contributed by atoms with Crippen LogP contribution in [0, 0.1) is 0 Å². The third-order valence-electron chi connectivity index (χ3n) is 2.75. The van der Waals surface area contributed by atoms with Gasteiger partial charge in [-0.1, -0.05) is 11.6 Å². The first-order valence-corrected chi connectivity index (χ1v) is 6.62. The Kier molecular flexibility index (Phi) is 5.86. The predicted octanol–water partition coefficient (Wildman–Crippen LogP) is 3.13. The van der Waals surface area contributed by atoms with Gasteiger partial charge in [0.15, 0.2) is 0 Å². The van der Waals surface area contributed by atoms with Crippen LogP contribution in [0.25, 0.3) is 0 Å². The number of halogens is 4. The summed E-state index contributed by atoms with van der Waals surface area (Å²) in [5.74, 6) is -0.568. The molecule has 4 nitrogen and oxygen atoms in total. The largest absolute Gasteiger partial charge is 0.401 e. The van der Waals surface area contributed by atoms with Crippen LogP contribution in [0.5, 0.6) is 0 Å². The van der Waals surface area contributed by atoms with Gasteiger partial charge in [0.2, 0.25) is 5.91 Å². The molecule has 0 radical (unpaired) electrons. The smallest absolute Gasteiger partial charge is 0.397 e. The number of alkyl halides is 3. The third kappa shape index (κ3) is 6.22. The predicted molar refractivity (Wildman–Crippen MR) is 77.3 cm³/mol. The number of anilines is 2. The van der Waals surface area contributed by atoms with Crippen molar-refractivity contribution in [3.63, 3.8) is 0 Å². The van der Waals surface area contributed by atoms with Crippen LogP contribution in [-0.2, 0) is 4.79 Å². The highest BCUT2D eigenvalue weighted by molar-refractivity contribution is 6.31. The Morgan fingerprint density at radius 2 is 2.05 bits per heavy atom. The lowest BCUT2D eigenvalue weighted by Crippen LogP contribution is -2.43.